The second-order valence-corrected chi connectivity index (χ2v) is 9.22. The van der Waals surface area contributed by atoms with Gasteiger partial charge in [0.2, 0.25) is 11.8 Å². The number of fused-ring (bicyclic) bond motifs is 2. The van der Waals surface area contributed by atoms with Crippen LogP contribution in [0.2, 0.25) is 0 Å². The molecule has 2 fully saturated rings. The summed E-state index contributed by atoms with van der Waals surface area (Å²) in [4.78, 5) is 18.9. The maximum Gasteiger partial charge on any atom is 0.417 e. The number of alkyl halides is 3. The van der Waals surface area contributed by atoms with Crippen LogP contribution in [-0.2, 0) is 18.8 Å². The Labute approximate surface area is 197 Å². The van der Waals surface area contributed by atoms with Crippen molar-refractivity contribution in [1.82, 2.24) is 29.9 Å². The number of anilines is 1. The molecule has 3 atom stereocenters. The number of nitrogens with one attached hydrogen (secondary N) is 1. The van der Waals surface area contributed by atoms with Crippen LogP contribution in [0.4, 0.5) is 28.0 Å². The summed E-state index contributed by atoms with van der Waals surface area (Å²) in [6, 6.07) is 0.468. The third-order valence-corrected chi connectivity index (χ3v) is 6.88. The predicted molar refractivity (Wildman–Crippen MR) is 114 cm³/mol. The van der Waals surface area contributed by atoms with Crippen LogP contribution in [0.25, 0.3) is 11.4 Å². The Kier molecular flexibility index (Phi) is 5.33. The largest absolute Gasteiger partial charge is 0.423 e. The number of carbonyl (C=O) groups excluding carboxylic acids is 1. The highest BCUT2D eigenvalue weighted by molar-refractivity contribution is 5.92. The van der Waals surface area contributed by atoms with Gasteiger partial charge < -0.3 is 14.6 Å². The molecule has 2 bridgehead atoms. The molecule has 1 saturated carbocycles. The van der Waals surface area contributed by atoms with Gasteiger partial charge in [0.25, 0.3) is 0 Å². The van der Waals surface area contributed by atoms with Gasteiger partial charge in [-0.3, -0.25) is 4.68 Å². The number of benzene rings is 1. The molecule has 2 aliphatic rings. The van der Waals surface area contributed by atoms with Crippen molar-refractivity contribution in [2.75, 3.05) is 5.32 Å². The number of rotatable bonds is 3. The molecular weight excluding hydrogens is 470 g/mol. The average molecular weight is 493 g/mol. The smallest absolute Gasteiger partial charge is 0.417 e. The predicted octanol–water partition coefficient (Wildman–Crippen LogP) is 4.65. The topological polar surface area (TPSA) is 102 Å². The maximum absolute atomic E-state index is 14.9. The van der Waals surface area contributed by atoms with Gasteiger partial charge in [0.15, 0.2) is 5.82 Å². The molecule has 9 nitrogen and oxygen atoms in total. The lowest BCUT2D eigenvalue weighted by Gasteiger charge is -2.56. The van der Waals surface area contributed by atoms with Crippen LogP contribution in [-0.4, -0.2) is 41.9 Å². The normalized spacial score (nSPS) is 24.1. The minimum atomic E-state index is -4.85. The van der Waals surface area contributed by atoms with Gasteiger partial charge in [0.1, 0.15) is 17.7 Å². The molecule has 0 spiro atoms. The molecule has 5 rings (SSSR count). The van der Waals surface area contributed by atoms with E-state index in [1.807, 2.05) is 6.92 Å². The number of hydrogen-bond donors (Lipinski definition) is 1. The Morgan fingerprint density at radius 2 is 2.06 bits per heavy atom. The van der Waals surface area contributed by atoms with E-state index in [9.17, 15) is 22.4 Å². The van der Waals surface area contributed by atoms with Gasteiger partial charge in [-0.1, -0.05) is 13.3 Å². The highest BCUT2D eigenvalue weighted by Crippen LogP contribution is 2.54. The first kappa shape index (κ1) is 23.2. The van der Waals surface area contributed by atoms with Crippen molar-refractivity contribution < 1.29 is 26.8 Å². The maximum atomic E-state index is 14.9. The summed E-state index contributed by atoms with van der Waals surface area (Å²) in [6.07, 6.45) is -0.706. The monoisotopic (exact) mass is 493 g/mol. The van der Waals surface area contributed by atoms with E-state index >= 15 is 0 Å². The summed E-state index contributed by atoms with van der Waals surface area (Å²) in [5, 5.41) is 14.4. The van der Waals surface area contributed by atoms with Crippen LogP contribution in [0.5, 0.6) is 0 Å². The number of amides is 2. The van der Waals surface area contributed by atoms with Crippen molar-refractivity contribution in [3.63, 3.8) is 0 Å². The van der Waals surface area contributed by atoms with Crippen LogP contribution in [0, 0.1) is 18.7 Å². The summed E-state index contributed by atoms with van der Waals surface area (Å²) < 4.78 is 62.7. The molecule has 3 aromatic rings. The van der Waals surface area contributed by atoms with Crippen LogP contribution < -0.4 is 5.32 Å². The molecule has 35 heavy (non-hydrogen) atoms. The SMILES string of the molecule is Cc1nnc([C@@]23CCC[C@H](C)C(C2)N3C(=O)Nc2cc(-c3ncn(C)n3)c(C(F)(F)F)cc2F)o1. The number of halogens is 4. The zero-order valence-corrected chi connectivity index (χ0v) is 19.2. The summed E-state index contributed by atoms with van der Waals surface area (Å²) >= 11 is 0. The number of urea groups is 1. The van der Waals surface area contributed by atoms with Crippen LogP contribution in [0.1, 0.15) is 50.0 Å². The fraction of sp³-hybridized carbons (Fsp3) is 0.500. The minimum absolute atomic E-state index is 0.154. The van der Waals surface area contributed by atoms with E-state index in [1.165, 1.54) is 18.1 Å². The van der Waals surface area contributed by atoms with Crippen LogP contribution >= 0.6 is 0 Å². The minimum Gasteiger partial charge on any atom is -0.423 e. The van der Waals surface area contributed by atoms with Crippen LogP contribution in [0.15, 0.2) is 22.9 Å². The van der Waals surface area contributed by atoms with E-state index in [4.69, 9.17) is 4.42 Å². The van der Waals surface area contributed by atoms with E-state index in [-0.39, 0.29) is 17.8 Å². The van der Waals surface area contributed by atoms with E-state index in [1.54, 1.807) is 11.8 Å². The van der Waals surface area contributed by atoms with E-state index in [0.717, 1.165) is 18.9 Å². The van der Waals surface area contributed by atoms with E-state index in [0.29, 0.717) is 30.7 Å². The van der Waals surface area contributed by atoms with Gasteiger partial charge in [0, 0.05) is 32.0 Å². The Morgan fingerprint density at radius 1 is 1.29 bits per heavy atom. The summed E-state index contributed by atoms with van der Waals surface area (Å²) in [7, 11) is 1.50. The number of nitrogens with zero attached hydrogens (tertiary/aromatic N) is 6. The Bertz CT molecular complexity index is 1290. The average Bonchev–Trinajstić information content (AvgIpc) is 3.31. The molecule has 1 aromatic carbocycles. The van der Waals surface area contributed by atoms with Gasteiger partial charge in [-0.25, -0.2) is 14.2 Å². The second-order valence-electron chi connectivity index (χ2n) is 9.22. The molecule has 1 N–H and O–H groups in total. The molecule has 1 aliphatic heterocycles. The first-order valence-corrected chi connectivity index (χ1v) is 11.2. The molecule has 3 heterocycles. The number of aryl methyl sites for hydroxylation is 2. The van der Waals surface area contributed by atoms with Gasteiger partial charge in [0.05, 0.1) is 11.3 Å². The third-order valence-electron chi connectivity index (χ3n) is 6.88. The molecule has 0 radical (unpaired) electrons. The fourth-order valence-electron chi connectivity index (χ4n) is 5.18. The van der Waals surface area contributed by atoms with Gasteiger partial charge in [-0.2, -0.15) is 18.3 Å². The van der Waals surface area contributed by atoms with Gasteiger partial charge in [-0.15, -0.1) is 10.2 Å². The first-order chi connectivity index (χ1) is 16.5. The molecule has 1 aliphatic carbocycles. The Balaban J connectivity index is 1.52. The lowest BCUT2D eigenvalue weighted by molar-refractivity contribution is -0.137. The quantitative estimate of drug-likeness (QED) is 0.533. The summed E-state index contributed by atoms with van der Waals surface area (Å²) in [5.74, 6) is -0.617. The molecule has 1 saturated heterocycles. The fourth-order valence-corrected chi connectivity index (χ4v) is 5.18. The highest BCUT2D eigenvalue weighted by Gasteiger charge is 2.61. The van der Waals surface area contributed by atoms with E-state index < -0.39 is 40.4 Å². The van der Waals surface area contributed by atoms with Gasteiger partial charge >= 0.3 is 12.2 Å². The molecular formula is C22H23F4N7O2. The number of carbonyl (C=O) groups is 1. The van der Waals surface area contributed by atoms with Crippen molar-refractivity contribution in [3.8, 4) is 11.4 Å². The standard InChI is InChI=1S/C22H23F4N7O2/c1-11-5-4-6-21(19-30-29-12(2)35-19)9-17(11)33(21)20(34)28-16-7-13(18-27-10-32(3)31-18)14(8-15(16)23)22(24,25)26/h7-8,10-11,17H,4-6,9H2,1-3H3,(H,28,34)/t11-,17?,21+/m0/s1. The number of likely N-dealkylation sites (tertiary alicyclic amines) is 1. The van der Waals surface area contributed by atoms with Crippen molar-refractivity contribution in [2.45, 2.75) is 57.3 Å². The van der Waals surface area contributed by atoms with Crippen molar-refractivity contribution in [2.24, 2.45) is 13.0 Å². The Morgan fingerprint density at radius 3 is 2.69 bits per heavy atom. The molecule has 1 unspecified atom stereocenters. The zero-order chi connectivity index (χ0) is 25.1. The lowest BCUT2D eigenvalue weighted by atomic mass is 9.74. The molecule has 13 heteroatoms. The van der Waals surface area contributed by atoms with Crippen molar-refractivity contribution in [1.29, 1.82) is 0 Å². The third kappa shape index (κ3) is 3.82. The molecule has 186 valence electrons. The zero-order valence-electron chi connectivity index (χ0n) is 19.2. The van der Waals surface area contributed by atoms with Gasteiger partial charge in [-0.05, 0) is 30.9 Å². The highest BCUT2D eigenvalue weighted by atomic mass is 19.4. The van der Waals surface area contributed by atoms with Crippen molar-refractivity contribution >= 4 is 11.7 Å². The van der Waals surface area contributed by atoms with Crippen molar-refractivity contribution in [3.05, 3.63) is 41.6 Å². The summed E-state index contributed by atoms with van der Waals surface area (Å²) in [6.45, 7) is 3.68. The lowest BCUT2D eigenvalue weighted by Crippen LogP contribution is -2.67. The summed E-state index contributed by atoms with van der Waals surface area (Å²) in [5.41, 5.74) is -2.91. The Hall–Kier alpha value is -3.51. The number of aromatic nitrogens is 5. The molecule has 2 aromatic heterocycles. The number of hydrogen-bond acceptors (Lipinski definition) is 6. The van der Waals surface area contributed by atoms with Crippen LogP contribution in [0.3, 0.4) is 0 Å². The first-order valence-electron chi connectivity index (χ1n) is 11.2. The molecule has 2 amide bonds. The second kappa shape index (κ2) is 8.02. The van der Waals surface area contributed by atoms with E-state index in [2.05, 4.69) is 25.6 Å².